The number of aromatic nitrogens is 2. The van der Waals surface area contributed by atoms with Gasteiger partial charge in [-0.25, -0.2) is 4.79 Å². The molecule has 1 heterocycles. The summed E-state index contributed by atoms with van der Waals surface area (Å²) in [5.41, 5.74) is 0.0175. The van der Waals surface area contributed by atoms with E-state index in [9.17, 15) is 9.59 Å². The number of H-pyrrole nitrogens is 1. The maximum Gasteiger partial charge on any atom is 0.329 e. The van der Waals surface area contributed by atoms with Crippen LogP contribution in [0.1, 0.15) is 5.56 Å². The van der Waals surface area contributed by atoms with Crippen LogP contribution in [0.25, 0.3) is 10.9 Å². The molecule has 5 nitrogen and oxygen atoms in total. The number of ether oxygens (including phenoxy) is 1. The molecule has 0 fully saturated rings. The van der Waals surface area contributed by atoms with E-state index in [1.165, 1.54) is 19.2 Å². The molecule has 118 valence electrons. The second-order valence-electron chi connectivity index (χ2n) is 4.94. The van der Waals surface area contributed by atoms with Crippen molar-refractivity contribution in [2.24, 2.45) is 0 Å². The van der Waals surface area contributed by atoms with Crippen molar-refractivity contribution >= 4 is 34.1 Å². The van der Waals surface area contributed by atoms with Crippen LogP contribution in [-0.2, 0) is 6.54 Å². The van der Waals surface area contributed by atoms with Gasteiger partial charge >= 0.3 is 5.69 Å². The molecule has 3 rings (SSSR count). The lowest BCUT2D eigenvalue weighted by atomic mass is 10.2. The number of nitrogens with zero attached hydrogens (tertiary/aromatic N) is 1. The molecule has 2 aromatic carbocycles. The van der Waals surface area contributed by atoms with E-state index in [0.29, 0.717) is 21.9 Å². The Kier molecular flexibility index (Phi) is 4.15. The number of fused-ring (bicyclic) bond motifs is 1. The number of para-hydroxylation sites is 1. The quantitative estimate of drug-likeness (QED) is 0.789. The summed E-state index contributed by atoms with van der Waals surface area (Å²) in [6.07, 6.45) is 0. The van der Waals surface area contributed by atoms with Gasteiger partial charge in [-0.15, -0.1) is 0 Å². The number of benzene rings is 2. The van der Waals surface area contributed by atoms with Crippen molar-refractivity contribution in [1.29, 1.82) is 0 Å². The summed E-state index contributed by atoms with van der Waals surface area (Å²) in [5.74, 6) is 0.598. The van der Waals surface area contributed by atoms with Crippen LogP contribution in [0.4, 0.5) is 0 Å². The lowest BCUT2D eigenvalue weighted by molar-refractivity contribution is 0.408. The predicted octanol–water partition coefficient (Wildman–Crippen LogP) is 3.05. The van der Waals surface area contributed by atoms with Crippen molar-refractivity contribution in [3.05, 3.63) is 72.8 Å². The average Bonchev–Trinajstić information content (AvgIpc) is 2.50. The van der Waals surface area contributed by atoms with Crippen LogP contribution in [0.3, 0.4) is 0 Å². The van der Waals surface area contributed by atoms with Crippen LogP contribution >= 0.6 is 23.2 Å². The van der Waals surface area contributed by atoms with Crippen molar-refractivity contribution in [3.8, 4) is 5.75 Å². The molecule has 1 N–H and O–H groups in total. The molecule has 0 aliphatic heterocycles. The molecule has 3 aromatic rings. The minimum Gasteiger partial charge on any atom is -0.496 e. The highest BCUT2D eigenvalue weighted by Gasteiger charge is 2.13. The fourth-order valence-corrected chi connectivity index (χ4v) is 3.02. The first-order chi connectivity index (χ1) is 11.0. The summed E-state index contributed by atoms with van der Waals surface area (Å²) in [6, 6.07) is 10.2. The first kappa shape index (κ1) is 15.6. The molecule has 0 saturated carbocycles. The van der Waals surface area contributed by atoms with Crippen LogP contribution in [0.5, 0.6) is 5.75 Å². The highest BCUT2D eigenvalue weighted by molar-refractivity contribution is 6.38. The fourth-order valence-electron chi connectivity index (χ4n) is 2.45. The summed E-state index contributed by atoms with van der Waals surface area (Å²) in [5, 5.41) is 0.771. The molecule has 0 spiro atoms. The van der Waals surface area contributed by atoms with Gasteiger partial charge in [0.25, 0.3) is 5.56 Å². The number of hydrogen-bond acceptors (Lipinski definition) is 3. The minimum atomic E-state index is -0.535. The molecule has 0 radical (unpaired) electrons. The third kappa shape index (κ3) is 2.85. The van der Waals surface area contributed by atoms with Crippen molar-refractivity contribution in [3.63, 3.8) is 0 Å². The number of aromatic amines is 1. The fraction of sp³-hybridized carbons (Fsp3) is 0.125. The predicted molar refractivity (Wildman–Crippen MR) is 90.9 cm³/mol. The Bertz CT molecular complexity index is 1010. The first-order valence-electron chi connectivity index (χ1n) is 6.75. The monoisotopic (exact) mass is 350 g/mol. The number of methoxy groups -OCH3 is 1. The van der Waals surface area contributed by atoms with Gasteiger partial charge in [0.05, 0.1) is 29.6 Å². The van der Waals surface area contributed by atoms with E-state index in [1.807, 2.05) is 12.1 Å². The zero-order valence-electron chi connectivity index (χ0n) is 12.1. The van der Waals surface area contributed by atoms with Gasteiger partial charge in [0, 0.05) is 10.6 Å². The van der Waals surface area contributed by atoms with Crippen molar-refractivity contribution in [2.45, 2.75) is 6.54 Å². The second-order valence-corrected chi connectivity index (χ2v) is 5.79. The van der Waals surface area contributed by atoms with Gasteiger partial charge in [0.15, 0.2) is 0 Å². The maximum absolute atomic E-state index is 12.7. The van der Waals surface area contributed by atoms with E-state index in [-0.39, 0.29) is 17.0 Å². The number of rotatable bonds is 3. The van der Waals surface area contributed by atoms with Crippen LogP contribution < -0.4 is 16.0 Å². The van der Waals surface area contributed by atoms with Gasteiger partial charge in [-0.3, -0.25) is 9.36 Å². The molecule has 0 atom stereocenters. The third-order valence-electron chi connectivity index (χ3n) is 3.52. The van der Waals surface area contributed by atoms with Crippen molar-refractivity contribution in [1.82, 2.24) is 9.55 Å². The van der Waals surface area contributed by atoms with Gasteiger partial charge in [0.1, 0.15) is 5.75 Å². The van der Waals surface area contributed by atoms with E-state index >= 15 is 0 Å². The minimum absolute atomic E-state index is 0.0765. The Morgan fingerprint density at radius 2 is 1.91 bits per heavy atom. The SMILES string of the molecule is COc1ccccc1Cn1c(=O)[nH]c2cc(Cl)cc(Cl)c2c1=O. The van der Waals surface area contributed by atoms with Gasteiger partial charge in [-0.2, -0.15) is 0 Å². The summed E-state index contributed by atoms with van der Waals surface area (Å²) in [4.78, 5) is 27.6. The van der Waals surface area contributed by atoms with E-state index in [1.54, 1.807) is 12.1 Å². The zero-order valence-corrected chi connectivity index (χ0v) is 13.6. The Labute approximate surface area is 141 Å². The van der Waals surface area contributed by atoms with E-state index in [2.05, 4.69) is 4.98 Å². The number of halogens is 2. The number of hydrogen-bond donors (Lipinski definition) is 1. The number of nitrogens with one attached hydrogen (secondary N) is 1. The standard InChI is InChI=1S/C16H12Cl2N2O3/c1-23-13-5-3-2-4-9(13)8-20-15(21)14-11(18)6-10(17)7-12(14)19-16(20)22/h2-7H,8H2,1H3,(H,19,22). The third-order valence-corrected chi connectivity index (χ3v) is 4.04. The molecule has 1 aromatic heterocycles. The van der Waals surface area contributed by atoms with Gasteiger partial charge in [-0.05, 0) is 18.2 Å². The lowest BCUT2D eigenvalue weighted by Crippen LogP contribution is -2.35. The summed E-state index contributed by atoms with van der Waals surface area (Å²) in [6.45, 7) is 0.0765. The molecule has 7 heteroatoms. The van der Waals surface area contributed by atoms with E-state index in [4.69, 9.17) is 27.9 Å². The molecule has 23 heavy (non-hydrogen) atoms. The second kappa shape index (κ2) is 6.10. The van der Waals surface area contributed by atoms with E-state index < -0.39 is 11.2 Å². The summed E-state index contributed by atoms with van der Waals surface area (Å²) < 4.78 is 6.34. The highest BCUT2D eigenvalue weighted by Crippen LogP contribution is 2.24. The van der Waals surface area contributed by atoms with Crippen molar-refractivity contribution in [2.75, 3.05) is 7.11 Å². The lowest BCUT2D eigenvalue weighted by Gasteiger charge is -2.11. The molecule has 0 saturated heterocycles. The zero-order chi connectivity index (χ0) is 16.6. The largest absolute Gasteiger partial charge is 0.496 e. The Morgan fingerprint density at radius 1 is 1.17 bits per heavy atom. The van der Waals surface area contributed by atoms with Gasteiger partial charge in [-0.1, -0.05) is 41.4 Å². The topological polar surface area (TPSA) is 64.1 Å². The Hall–Kier alpha value is -2.24. The summed E-state index contributed by atoms with van der Waals surface area (Å²) >= 11 is 12.0. The van der Waals surface area contributed by atoms with Crippen LogP contribution in [0.15, 0.2) is 46.0 Å². The van der Waals surface area contributed by atoms with Gasteiger partial charge in [0.2, 0.25) is 0 Å². The Morgan fingerprint density at radius 3 is 2.65 bits per heavy atom. The van der Waals surface area contributed by atoms with Crippen LogP contribution in [0.2, 0.25) is 10.0 Å². The Balaban J connectivity index is 2.23. The molecule has 0 bridgehead atoms. The van der Waals surface area contributed by atoms with Crippen LogP contribution in [-0.4, -0.2) is 16.7 Å². The van der Waals surface area contributed by atoms with Crippen molar-refractivity contribution < 1.29 is 4.74 Å². The molecular formula is C16H12Cl2N2O3. The smallest absolute Gasteiger partial charge is 0.329 e. The maximum atomic E-state index is 12.7. The molecular weight excluding hydrogens is 339 g/mol. The molecule has 0 amide bonds. The molecule has 0 aliphatic carbocycles. The van der Waals surface area contributed by atoms with E-state index in [0.717, 1.165) is 4.57 Å². The average molecular weight is 351 g/mol. The highest BCUT2D eigenvalue weighted by atomic mass is 35.5. The van der Waals surface area contributed by atoms with Gasteiger partial charge < -0.3 is 9.72 Å². The van der Waals surface area contributed by atoms with Crippen LogP contribution in [0, 0.1) is 0 Å². The molecule has 0 aliphatic rings. The first-order valence-corrected chi connectivity index (χ1v) is 7.50. The summed E-state index contributed by atoms with van der Waals surface area (Å²) in [7, 11) is 1.53. The molecule has 0 unspecified atom stereocenters. The normalized spacial score (nSPS) is 10.9.